The number of nitrogens with two attached hydrogens (primary N) is 1. The van der Waals surface area contributed by atoms with E-state index >= 15 is 0 Å². The van der Waals surface area contributed by atoms with Crippen molar-refractivity contribution in [3.8, 4) is 0 Å². The number of nitrogens with zero attached hydrogens (tertiary/aromatic N) is 5. The first-order valence-electron chi connectivity index (χ1n) is 8.17. The van der Waals surface area contributed by atoms with Gasteiger partial charge in [-0.3, -0.25) is 4.98 Å². The van der Waals surface area contributed by atoms with Crippen LogP contribution in [0.2, 0.25) is 0 Å². The van der Waals surface area contributed by atoms with Gasteiger partial charge in [0.05, 0.1) is 23.1 Å². The van der Waals surface area contributed by atoms with Crippen molar-refractivity contribution in [1.29, 1.82) is 0 Å². The van der Waals surface area contributed by atoms with Crippen LogP contribution >= 0.6 is 23.1 Å². The van der Waals surface area contributed by atoms with Gasteiger partial charge in [-0.15, -0.1) is 11.3 Å². The largest absolute Gasteiger partial charge is 0.384 e. The first kappa shape index (κ1) is 17.6. The summed E-state index contributed by atoms with van der Waals surface area (Å²) in [6.07, 6.45) is 2.95. The van der Waals surface area contributed by atoms with Crippen molar-refractivity contribution in [3.05, 3.63) is 34.3 Å². The smallest absolute Gasteiger partial charge is 0.225 e. The Balaban J connectivity index is 1.74. The standard InChI is InChI=1S/C16H19FN6OS2/c1-15(2,24)12-10(17)3-20-14(21-12)23-5-9-6-25-13(18)22-16(9,7-23)11-4-19-8-26-11/h3-4,8-9,24H,5-7H2,1-2H3,(H2,18,22). The molecule has 2 aliphatic heterocycles. The molecule has 138 valence electrons. The van der Waals surface area contributed by atoms with Crippen LogP contribution in [0.25, 0.3) is 0 Å². The van der Waals surface area contributed by atoms with Crippen LogP contribution in [0.3, 0.4) is 0 Å². The molecular formula is C16H19FN6OS2. The summed E-state index contributed by atoms with van der Waals surface area (Å²) >= 11 is 3.10. The summed E-state index contributed by atoms with van der Waals surface area (Å²) in [5.74, 6) is 0.830. The van der Waals surface area contributed by atoms with Crippen LogP contribution in [-0.4, -0.2) is 44.1 Å². The molecule has 2 aliphatic rings. The maximum absolute atomic E-state index is 14.0. The van der Waals surface area contributed by atoms with Crippen molar-refractivity contribution in [1.82, 2.24) is 15.0 Å². The summed E-state index contributed by atoms with van der Waals surface area (Å²) in [6.45, 7) is 4.23. The zero-order valence-electron chi connectivity index (χ0n) is 14.4. The van der Waals surface area contributed by atoms with Crippen molar-refractivity contribution in [2.24, 2.45) is 16.6 Å². The molecule has 7 nitrogen and oxygen atoms in total. The summed E-state index contributed by atoms with van der Waals surface area (Å²) in [5.41, 5.74) is 5.94. The molecule has 2 aromatic heterocycles. The molecule has 3 N–H and O–H groups in total. The third-order valence-electron chi connectivity index (χ3n) is 4.74. The highest BCUT2D eigenvalue weighted by atomic mass is 32.2. The minimum Gasteiger partial charge on any atom is -0.384 e. The minimum absolute atomic E-state index is 0.0124. The average Bonchev–Trinajstić information content (AvgIpc) is 3.22. The normalized spacial score (nSPS) is 25.9. The van der Waals surface area contributed by atoms with Gasteiger partial charge < -0.3 is 15.7 Å². The number of fused-ring (bicyclic) bond motifs is 1. The van der Waals surface area contributed by atoms with Gasteiger partial charge in [0.2, 0.25) is 5.95 Å². The van der Waals surface area contributed by atoms with Gasteiger partial charge in [-0.25, -0.2) is 19.4 Å². The monoisotopic (exact) mass is 394 g/mol. The van der Waals surface area contributed by atoms with Crippen molar-refractivity contribution >= 4 is 34.2 Å². The Labute approximate surface area is 158 Å². The highest BCUT2D eigenvalue weighted by Gasteiger charge is 2.51. The van der Waals surface area contributed by atoms with Gasteiger partial charge in [0.25, 0.3) is 0 Å². The average molecular weight is 395 g/mol. The SMILES string of the molecule is CC(C)(O)c1nc(N2CC3CSC(N)=NC3(c3cncs3)C2)ncc1F. The molecule has 4 heterocycles. The number of hydrogen-bond acceptors (Lipinski definition) is 9. The van der Waals surface area contributed by atoms with E-state index in [1.54, 1.807) is 28.6 Å². The Hall–Kier alpha value is -1.78. The molecule has 2 unspecified atom stereocenters. The van der Waals surface area contributed by atoms with E-state index in [4.69, 9.17) is 10.7 Å². The second kappa shape index (κ2) is 6.14. The fourth-order valence-electron chi connectivity index (χ4n) is 3.49. The number of aliphatic hydroxyl groups is 1. The van der Waals surface area contributed by atoms with Gasteiger partial charge in [0, 0.05) is 24.4 Å². The number of aliphatic imine (C=N–C) groups is 1. The Morgan fingerprint density at radius 1 is 1.42 bits per heavy atom. The number of thiazole rings is 1. The Kier molecular flexibility index (Phi) is 4.16. The molecule has 0 amide bonds. The highest BCUT2D eigenvalue weighted by Crippen LogP contribution is 2.47. The minimum atomic E-state index is -1.39. The van der Waals surface area contributed by atoms with E-state index in [2.05, 4.69) is 15.0 Å². The van der Waals surface area contributed by atoms with Gasteiger partial charge >= 0.3 is 0 Å². The second-order valence-corrected chi connectivity index (χ2v) is 8.98. The number of anilines is 1. The maximum atomic E-state index is 14.0. The lowest BCUT2D eigenvalue weighted by Crippen LogP contribution is -2.39. The van der Waals surface area contributed by atoms with Crippen LogP contribution in [0.1, 0.15) is 24.4 Å². The Morgan fingerprint density at radius 3 is 2.92 bits per heavy atom. The summed E-state index contributed by atoms with van der Waals surface area (Å²) < 4.78 is 14.0. The quantitative estimate of drug-likeness (QED) is 0.817. The first-order valence-corrected chi connectivity index (χ1v) is 10.0. The number of hydrogen-bond donors (Lipinski definition) is 2. The molecule has 1 fully saturated rings. The summed E-state index contributed by atoms with van der Waals surface area (Å²) in [6, 6.07) is 0. The highest BCUT2D eigenvalue weighted by molar-refractivity contribution is 8.13. The van der Waals surface area contributed by atoms with Gasteiger partial charge in [0.1, 0.15) is 16.8 Å². The number of rotatable bonds is 3. The second-order valence-electron chi connectivity index (χ2n) is 7.05. The van der Waals surface area contributed by atoms with Crippen molar-refractivity contribution < 1.29 is 9.50 Å². The lowest BCUT2D eigenvalue weighted by atomic mass is 9.87. The first-order chi connectivity index (χ1) is 12.3. The van der Waals surface area contributed by atoms with Crippen molar-refractivity contribution in [2.75, 3.05) is 23.7 Å². The van der Waals surface area contributed by atoms with Gasteiger partial charge in [-0.05, 0) is 13.8 Å². The van der Waals surface area contributed by atoms with E-state index in [0.717, 1.165) is 16.8 Å². The number of amidine groups is 1. The Morgan fingerprint density at radius 2 is 2.23 bits per heavy atom. The topological polar surface area (TPSA) is 101 Å². The van der Waals surface area contributed by atoms with Crippen LogP contribution in [0.15, 0.2) is 22.9 Å². The lowest BCUT2D eigenvalue weighted by Gasteiger charge is -2.32. The molecule has 0 spiro atoms. The molecule has 2 atom stereocenters. The molecule has 0 radical (unpaired) electrons. The van der Waals surface area contributed by atoms with E-state index in [9.17, 15) is 9.50 Å². The molecule has 0 aromatic carbocycles. The van der Waals surface area contributed by atoms with Crippen LogP contribution in [0, 0.1) is 11.7 Å². The van der Waals surface area contributed by atoms with E-state index < -0.39 is 17.0 Å². The summed E-state index contributed by atoms with van der Waals surface area (Å²) in [4.78, 5) is 20.5. The Bertz CT molecular complexity index is 853. The number of thioether (sulfide) groups is 1. The van der Waals surface area contributed by atoms with Crippen LogP contribution < -0.4 is 10.6 Å². The molecule has 0 bridgehead atoms. The van der Waals surface area contributed by atoms with Crippen molar-refractivity contribution in [2.45, 2.75) is 25.0 Å². The van der Waals surface area contributed by atoms with E-state index in [0.29, 0.717) is 24.2 Å². The predicted octanol–water partition coefficient (Wildman–Crippen LogP) is 1.69. The van der Waals surface area contributed by atoms with Crippen LogP contribution in [0.4, 0.5) is 10.3 Å². The third kappa shape index (κ3) is 2.85. The molecular weight excluding hydrogens is 375 g/mol. The third-order valence-corrected chi connectivity index (χ3v) is 6.64. The van der Waals surface area contributed by atoms with Gasteiger partial charge in [-0.2, -0.15) is 0 Å². The molecule has 1 saturated heterocycles. The number of halogens is 1. The van der Waals surface area contributed by atoms with Gasteiger partial charge in [0.15, 0.2) is 11.0 Å². The maximum Gasteiger partial charge on any atom is 0.225 e. The zero-order chi connectivity index (χ0) is 18.5. The molecule has 26 heavy (non-hydrogen) atoms. The summed E-state index contributed by atoms with van der Waals surface area (Å²) in [5, 5.41) is 10.7. The molecule has 0 saturated carbocycles. The number of aromatic nitrogens is 3. The van der Waals surface area contributed by atoms with Crippen molar-refractivity contribution in [3.63, 3.8) is 0 Å². The predicted molar refractivity (Wildman–Crippen MR) is 101 cm³/mol. The van der Waals surface area contributed by atoms with E-state index in [-0.39, 0.29) is 11.6 Å². The summed E-state index contributed by atoms with van der Waals surface area (Å²) in [7, 11) is 0. The molecule has 10 heteroatoms. The van der Waals surface area contributed by atoms with Gasteiger partial charge in [-0.1, -0.05) is 11.8 Å². The molecule has 4 rings (SSSR count). The fraction of sp³-hybridized carbons (Fsp3) is 0.500. The van der Waals surface area contributed by atoms with E-state index in [1.807, 2.05) is 11.1 Å². The lowest BCUT2D eigenvalue weighted by molar-refractivity contribution is 0.0693. The van der Waals surface area contributed by atoms with Crippen LogP contribution in [0.5, 0.6) is 0 Å². The van der Waals surface area contributed by atoms with E-state index in [1.165, 1.54) is 13.8 Å². The van der Waals surface area contributed by atoms with Crippen LogP contribution in [-0.2, 0) is 11.1 Å². The fourth-order valence-corrected chi connectivity index (χ4v) is 5.31. The zero-order valence-corrected chi connectivity index (χ0v) is 16.0. The molecule has 0 aliphatic carbocycles. The molecule has 2 aromatic rings.